The fraction of sp³-hybridized carbons (Fsp3) is 0.200. The summed E-state index contributed by atoms with van der Waals surface area (Å²) < 4.78 is 6.37. The number of rotatable bonds is 4. The molecule has 1 heterocycles. The molecule has 1 aromatic carbocycles. The van der Waals surface area contributed by atoms with Crippen molar-refractivity contribution < 1.29 is 4.74 Å². The Kier molecular flexibility index (Phi) is 3.47. The van der Waals surface area contributed by atoms with Gasteiger partial charge in [-0.2, -0.15) is 10.7 Å². The standard InChI is InChI=1S/C10H9N5OS/c1-2-16-7-3-4-8-9(5-7)17-10(13-8)14-15-12-6-11/h3-5H,2H2,1H3,(H,12,13,14). The number of thiazole rings is 1. The first-order valence-electron chi connectivity index (χ1n) is 4.91. The van der Waals surface area contributed by atoms with Gasteiger partial charge in [0.2, 0.25) is 5.13 Å². The maximum Gasteiger partial charge on any atom is 0.232 e. The van der Waals surface area contributed by atoms with E-state index in [4.69, 9.17) is 10.00 Å². The Morgan fingerprint density at radius 1 is 1.59 bits per heavy atom. The topological polar surface area (TPSA) is 82.7 Å². The average molecular weight is 247 g/mol. The zero-order chi connectivity index (χ0) is 12.1. The van der Waals surface area contributed by atoms with Crippen molar-refractivity contribution in [2.24, 2.45) is 10.3 Å². The van der Waals surface area contributed by atoms with Crippen molar-refractivity contribution in [1.82, 2.24) is 10.4 Å². The predicted octanol–water partition coefficient (Wildman–Crippen LogP) is 2.76. The Bertz CT molecular complexity index is 586. The average Bonchev–Trinajstić information content (AvgIpc) is 2.72. The number of ether oxygens (including phenoxy) is 1. The van der Waals surface area contributed by atoms with Crippen LogP contribution in [0.25, 0.3) is 10.2 Å². The van der Waals surface area contributed by atoms with Gasteiger partial charge in [-0.05, 0) is 25.1 Å². The van der Waals surface area contributed by atoms with E-state index in [2.05, 4.69) is 20.7 Å². The lowest BCUT2D eigenvalue weighted by atomic mass is 10.3. The number of nitriles is 1. The maximum atomic E-state index is 8.23. The molecule has 0 spiro atoms. The van der Waals surface area contributed by atoms with E-state index in [9.17, 15) is 0 Å². The third-order valence-corrected chi connectivity index (χ3v) is 2.80. The lowest BCUT2D eigenvalue weighted by Gasteiger charge is -2.00. The van der Waals surface area contributed by atoms with E-state index < -0.39 is 0 Å². The van der Waals surface area contributed by atoms with E-state index in [0.717, 1.165) is 16.0 Å². The van der Waals surface area contributed by atoms with Crippen LogP contribution in [0.2, 0.25) is 0 Å². The van der Waals surface area contributed by atoms with Crippen LogP contribution in [0.3, 0.4) is 0 Å². The van der Waals surface area contributed by atoms with Gasteiger partial charge in [-0.1, -0.05) is 21.7 Å². The Hall–Kier alpha value is -2.20. The number of aromatic nitrogens is 1. The highest BCUT2D eigenvalue weighted by Crippen LogP contribution is 2.30. The molecular weight excluding hydrogens is 238 g/mol. The molecule has 1 N–H and O–H groups in total. The van der Waals surface area contributed by atoms with Gasteiger partial charge >= 0.3 is 0 Å². The summed E-state index contributed by atoms with van der Waals surface area (Å²) in [6.45, 7) is 2.56. The van der Waals surface area contributed by atoms with Crippen LogP contribution in [0, 0.1) is 11.5 Å². The summed E-state index contributed by atoms with van der Waals surface area (Å²) in [6, 6.07) is 5.64. The minimum atomic E-state index is 0.497. The highest BCUT2D eigenvalue weighted by atomic mass is 32.1. The summed E-state index contributed by atoms with van der Waals surface area (Å²) in [6.07, 6.45) is 1.64. The van der Waals surface area contributed by atoms with Crippen LogP contribution in [-0.2, 0) is 0 Å². The first kappa shape index (κ1) is 11.3. The molecule has 0 unspecified atom stereocenters. The van der Waals surface area contributed by atoms with E-state index in [1.165, 1.54) is 11.3 Å². The molecule has 6 nitrogen and oxygen atoms in total. The third-order valence-electron chi connectivity index (χ3n) is 1.90. The molecule has 0 aliphatic heterocycles. The molecule has 0 aliphatic carbocycles. The van der Waals surface area contributed by atoms with Crippen molar-refractivity contribution >= 4 is 26.7 Å². The van der Waals surface area contributed by atoms with Gasteiger partial charge in [0.1, 0.15) is 5.75 Å². The summed E-state index contributed by atoms with van der Waals surface area (Å²) >= 11 is 1.39. The highest BCUT2D eigenvalue weighted by molar-refractivity contribution is 7.21. The molecule has 2 aromatic rings. The van der Waals surface area contributed by atoms with Crippen molar-refractivity contribution in [3.63, 3.8) is 0 Å². The second kappa shape index (κ2) is 5.23. The Labute approximate surface area is 102 Å². The van der Waals surface area contributed by atoms with Crippen molar-refractivity contribution in [3.8, 4) is 11.9 Å². The highest BCUT2D eigenvalue weighted by Gasteiger charge is 2.04. The molecule has 0 aliphatic rings. The first-order chi connectivity index (χ1) is 8.33. The summed E-state index contributed by atoms with van der Waals surface area (Å²) in [7, 11) is 0. The monoisotopic (exact) mass is 247 g/mol. The van der Waals surface area contributed by atoms with Crippen LogP contribution in [0.15, 0.2) is 28.5 Å². The fourth-order valence-corrected chi connectivity index (χ4v) is 2.10. The van der Waals surface area contributed by atoms with Gasteiger partial charge < -0.3 is 4.74 Å². The minimum absolute atomic E-state index is 0.497. The summed E-state index contributed by atoms with van der Waals surface area (Å²) in [5.74, 6) is 0.808. The van der Waals surface area contributed by atoms with E-state index >= 15 is 0 Å². The van der Waals surface area contributed by atoms with Crippen molar-refractivity contribution in [1.29, 1.82) is 5.26 Å². The second-order valence-electron chi connectivity index (χ2n) is 2.98. The number of benzene rings is 1. The fourth-order valence-electron chi connectivity index (χ4n) is 1.28. The summed E-state index contributed by atoms with van der Waals surface area (Å²) in [5.41, 5.74) is 2.92. The molecule has 0 amide bonds. The van der Waals surface area contributed by atoms with Gasteiger partial charge in [0.15, 0.2) is 6.19 Å². The number of nitrogens with one attached hydrogen (secondary N) is 1. The van der Waals surface area contributed by atoms with Crippen LogP contribution in [-0.4, -0.2) is 11.6 Å². The Morgan fingerprint density at radius 2 is 2.47 bits per heavy atom. The Morgan fingerprint density at radius 3 is 3.24 bits per heavy atom. The predicted molar refractivity (Wildman–Crippen MR) is 64.1 cm³/mol. The molecule has 1 aromatic heterocycles. The molecule has 0 saturated carbocycles. The number of fused-ring (bicyclic) bond motifs is 1. The van der Waals surface area contributed by atoms with E-state index in [1.54, 1.807) is 6.19 Å². The Balaban J connectivity index is 2.27. The van der Waals surface area contributed by atoms with Crippen molar-refractivity contribution in [3.05, 3.63) is 18.2 Å². The molecule has 0 saturated heterocycles. The molecule has 0 atom stereocenters. The second-order valence-corrected chi connectivity index (χ2v) is 3.99. The van der Waals surface area contributed by atoms with E-state index in [0.29, 0.717) is 11.7 Å². The van der Waals surface area contributed by atoms with E-state index in [-0.39, 0.29) is 0 Å². The summed E-state index contributed by atoms with van der Waals surface area (Å²) in [5, 5.41) is 15.9. The number of hydrogen-bond acceptors (Lipinski definition) is 6. The van der Waals surface area contributed by atoms with Crippen molar-refractivity contribution in [2.45, 2.75) is 6.92 Å². The van der Waals surface area contributed by atoms with Crippen LogP contribution in [0.1, 0.15) is 6.92 Å². The number of nitrogens with zero attached hydrogens (tertiary/aromatic N) is 4. The lowest BCUT2D eigenvalue weighted by Crippen LogP contribution is -1.89. The normalized spacial score (nSPS) is 10.6. The maximum absolute atomic E-state index is 8.23. The van der Waals surface area contributed by atoms with Crippen LogP contribution >= 0.6 is 11.3 Å². The van der Waals surface area contributed by atoms with Gasteiger partial charge in [0, 0.05) is 0 Å². The van der Waals surface area contributed by atoms with Crippen molar-refractivity contribution in [2.75, 3.05) is 6.61 Å². The van der Waals surface area contributed by atoms with Gasteiger partial charge in [0.25, 0.3) is 0 Å². The van der Waals surface area contributed by atoms with Gasteiger partial charge in [-0.15, -0.1) is 0 Å². The molecule has 0 fully saturated rings. The molecule has 17 heavy (non-hydrogen) atoms. The molecule has 0 bridgehead atoms. The smallest absolute Gasteiger partial charge is 0.232 e. The van der Waals surface area contributed by atoms with E-state index in [1.807, 2.05) is 25.1 Å². The zero-order valence-electron chi connectivity index (χ0n) is 9.04. The first-order valence-corrected chi connectivity index (χ1v) is 5.73. The van der Waals surface area contributed by atoms with Gasteiger partial charge in [-0.3, -0.25) is 0 Å². The molecular formula is C10H9N5OS. The molecule has 0 radical (unpaired) electrons. The third kappa shape index (κ3) is 2.68. The minimum Gasteiger partial charge on any atom is -0.494 e. The van der Waals surface area contributed by atoms with Crippen LogP contribution < -0.4 is 10.2 Å². The zero-order valence-corrected chi connectivity index (χ0v) is 9.86. The van der Waals surface area contributed by atoms with Gasteiger partial charge in [0.05, 0.1) is 16.8 Å². The van der Waals surface area contributed by atoms with Gasteiger partial charge in [-0.25, -0.2) is 4.98 Å². The largest absolute Gasteiger partial charge is 0.494 e. The summed E-state index contributed by atoms with van der Waals surface area (Å²) in [4.78, 5) is 4.24. The molecule has 2 rings (SSSR count). The quantitative estimate of drug-likeness (QED) is 0.390. The lowest BCUT2D eigenvalue weighted by molar-refractivity contribution is 0.341. The van der Waals surface area contributed by atoms with Crippen LogP contribution in [0.4, 0.5) is 5.13 Å². The van der Waals surface area contributed by atoms with Crippen LogP contribution in [0.5, 0.6) is 5.75 Å². The molecule has 7 heteroatoms. The number of hydrogen-bond donors (Lipinski definition) is 1. The SMILES string of the molecule is CCOc1ccc2nc(/N=N/NC#N)sc2c1. The molecule has 86 valence electrons.